The monoisotopic (exact) mass is 606 g/mol. The number of methoxy groups -OCH3 is 1. The van der Waals surface area contributed by atoms with E-state index in [1.54, 1.807) is 45.0 Å². The Hall–Kier alpha value is -4.53. The third-order valence-electron chi connectivity index (χ3n) is 5.16. The Labute approximate surface area is 246 Å². The van der Waals surface area contributed by atoms with Crippen LogP contribution in [0.1, 0.15) is 52.0 Å². The number of nitrogens with one attached hydrogen (secondary N) is 3. The van der Waals surface area contributed by atoms with Gasteiger partial charge in [-0.1, -0.05) is 0 Å². The second-order valence-electron chi connectivity index (χ2n) is 9.89. The highest BCUT2D eigenvalue weighted by atomic mass is 32.1. The van der Waals surface area contributed by atoms with Crippen molar-refractivity contribution < 1.29 is 47.7 Å². The highest BCUT2D eigenvalue weighted by Crippen LogP contribution is 2.25. The topological polar surface area (TPSA) is 188 Å². The first-order valence-electron chi connectivity index (χ1n) is 12.6. The Balaban J connectivity index is 2.18. The van der Waals surface area contributed by atoms with Crippen LogP contribution in [0.15, 0.2) is 29.6 Å². The summed E-state index contributed by atoms with van der Waals surface area (Å²) in [6, 6.07) is 3.86. The van der Waals surface area contributed by atoms with E-state index in [2.05, 4.69) is 25.7 Å². The second-order valence-corrected chi connectivity index (χ2v) is 10.8. The maximum atomic E-state index is 13.1. The molecule has 0 aliphatic rings. The van der Waals surface area contributed by atoms with Crippen molar-refractivity contribution in [3.05, 3.63) is 35.3 Å². The highest BCUT2D eigenvalue weighted by Gasteiger charge is 2.34. The molecule has 0 aliphatic heterocycles. The summed E-state index contributed by atoms with van der Waals surface area (Å²) >= 11 is 1.16. The van der Waals surface area contributed by atoms with E-state index in [0.717, 1.165) is 32.3 Å². The van der Waals surface area contributed by atoms with Crippen LogP contribution >= 0.6 is 11.3 Å². The number of carbonyl (C=O) groups is 6. The largest absolute Gasteiger partial charge is 0.467 e. The Morgan fingerprint density at radius 2 is 1.62 bits per heavy atom. The molecule has 14 nitrogen and oxygen atoms in total. The van der Waals surface area contributed by atoms with Crippen molar-refractivity contribution >= 4 is 52.8 Å². The first kappa shape index (κ1) is 33.7. The van der Waals surface area contributed by atoms with E-state index in [1.807, 2.05) is 0 Å². The van der Waals surface area contributed by atoms with Crippen LogP contribution in [-0.4, -0.2) is 78.3 Å². The Bertz CT molecular complexity index is 1300. The summed E-state index contributed by atoms with van der Waals surface area (Å²) < 4.78 is 19.8. The molecule has 2 aromatic rings. The number of ether oxygens (including phenoxy) is 4. The predicted molar refractivity (Wildman–Crippen MR) is 150 cm³/mol. The minimum Gasteiger partial charge on any atom is -0.467 e. The zero-order chi connectivity index (χ0) is 31.6. The number of thiazole rings is 1. The molecular formula is C27H34N4O10S. The van der Waals surface area contributed by atoms with Gasteiger partial charge in [0, 0.05) is 30.5 Å². The minimum absolute atomic E-state index is 0.0248. The first-order chi connectivity index (χ1) is 19.6. The summed E-state index contributed by atoms with van der Waals surface area (Å²) in [6.07, 6.45) is -1.75. The standard InChI is InChI=1S/C27H34N4O10S/c1-14(40-16(3)33)21(23(35)29-19(25(36)38-7)12-39-15(2)32)31-22(34)20-13-42-24(30-20)17-8-10-18(11-9-17)28-26(37)41-27(4,5)6/h8-11,13-14,19,21H,12H2,1-7H3,(H,28,37)(H,29,35)(H,31,34). The molecule has 1 aromatic carbocycles. The van der Waals surface area contributed by atoms with Crippen molar-refractivity contribution in [2.45, 2.75) is 65.3 Å². The molecule has 0 saturated carbocycles. The van der Waals surface area contributed by atoms with Crippen molar-refractivity contribution in [2.24, 2.45) is 0 Å². The predicted octanol–water partition coefficient (Wildman–Crippen LogP) is 2.43. The lowest BCUT2D eigenvalue weighted by atomic mass is 10.1. The summed E-state index contributed by atoms with van der Waals surface area (Å²) in [5.74, 6) is -3.95. The SMILES string of the molecule is COC(=O)C(COC(C)=O)NC(=O)C(NC(=O)c1csc(-c2ccc(NC(=O)OC(C)(C)C)cc2)n1)C(C)OC(C)=O. The molecule has 1 aromatic heterocycles. The number of aromatic nitrogens is 1. The van der Waals surface area contributed by atoms with Crippen LogP contribution in [0.5, 0.6) is 0 Å². The van der Waals surface area contributed by atoms with Crippen LogP contribution in [0.2, 0.25) is 0 Å². The van der Waals surface area contributed by atoms with Gasteiger partial charge in [0.15, 0.2) is 6.04 Å². The number of benzene rings is 1. The zero-order valence-electron chi connectivity index (χ0n) is 24.3. The molecule has 0 radical (unpaired) electrons. The number of amides is 3. The van der Waals surface area contributed by atoms with Crippen molar-refractivity contribution in [1.29, 1.82) is 0 Å². The van der Waals surface area contributed by atoms with Crippen LogP contribution < -0.4 is 16.0 Å². The van der Waals surface area contributed by atoms with Crippen LogP contribution in [0, 0.1) is 0 Å². The highest BCUT2D eigenvalue weighted by molar-refractivity contribution is 7.13. The fourth-order valence-electron chi connectivity index (χ4n) is 3.34. The van der Waals surface area contributed by atoms with Gasteiger partial charge in [0.05, 0.1) is 7.11 Å². The molecule has 42 heavy (non-hydrogen) atoms. The van der Waals surface area contributed by atoms with Crippen LogP contribution in [-0.2, 0) is 38.1 Å². The molecule has 0 saturated heterocycles. The van der Waals surface area contributed by atoms with Crippen molar-refractivity contribution in [3.63, 3.8) is 0 Å². The summed E-state index contributed by atoms with van der Waals surface area (Å²) in [6.45, 7) is 8.38. The fraction of sp³-hybridized carbons (Fsp3) is 0.444. The van der Waals surface area contributed by atoms with Gasteiger partial charge in [-0.15, -0.1) is 11.3 Å². The molecule has 0 aliphatic carbocycles. The average Bonchev–Trinajstić information content (AvgIpc) is 3.38. The molecule has 3 atom stereocenters. The second kappa shape index (κ2) is 14.9. The van der Waals surface area contributed by atoms with E-state index in [1.165, 1.54) is 12.3 Å². The fourth-order valence-corrected chi connectivity index (χ4v) is 4.15. The number of carbonyl (C=O) groups excluding carboxylic acids is 6. The molecule has 3 N–H and O–H groups in total. The molecule has 0 spiro atoms. The zero-order valence-corrected chi connectivity index (χ0v) is 25.1. The van der Waals surface area contributed by atoms with Gasteiger partial charge in [0.25, 0.3) is 5.91 Å². The Kier molecular flexibility index (Phi) is 12.0. The number of hydrogen-bond donors (Lipinski definition) is 3. The number of hydrogen-bond acceptors (Lipinski definition) is 12. The van der Waals surface area contributed by atoms with Crippen molar-refractivity contribution in [3.8, 4) is 10.6 Å². The molecule has 3 amide bonds. The quantitative estimate of drug-likeness (QED) is 0.252. The van der Waals surface area contributed by atoms with Crippen molar-refractivity contribution in [2.75, 3.05) is 19.0 Å². The molecule has 15 heteroatoms. The van der Waals surface area contributed by atoms with Crippen LogP contribution in [0.4, 0.5) is 10.5 Å². The molecular weight excluding hydrogens is 572 g/mol. The summed E-state index contributed by atoms with van der Waals surface area (Å²) in [5.41, 5.74) is 0.477. The van der Waals surface area contributed by atoms with Crippen molar-refractivity contribution in [1.82, 2.24) is 15.6 Å². The van der Waals surface area contributed by atoms with E-state index >= 15 is 0 Å². The van der Waals surface area contributed by atoms with E-state index < -0.39 is 66.2 Å². The smallest absolute Gasteiger partial charge is 0.412 e. The van der Waals surface area contributed by atoms with Gasteiger partial charge in [0.1, 0.15) is 35.1 Å². The first-order valence-corrected chi connectivity index (χ1v) is 13.5. The lowest BCUT2D eigenvalue weighted by molar-refractivity contribution is -0.154. The van der Waals surface area contributed by atoms with E-state index in [0.29, 0.717) is 16.3 Å². The molecule has 228 valence electrons. The number of anilines is 1. The van der Waals surface area contributed by atoms with Gasteiger partial charge < -0.3 is 29.6 Å². The lowest BCUT2D eigenvalue weighted by Gasteiger charge is -2.25. The van der Waals surface area contributed by atoms with Crippen LogP contribution in [0.3, 0.4) is 0 Å². The third kappa shape index (κ3) is 10.8. The van der Waals surface area contributed by atoms with Gasteiger partial charge in [-0.3, -0.25) is 24.5 Å². The molecule has 0 bridgehead atoms. The van der Waals surface area contributed by atoms with E-state index in [9.17, 15) is 28.8 Å². The van der Waals surface area contributed by atoms with Gasteiger partial charge in [-0.2, -0.15) is 0 Å². The van der Waals surface area contributed by atoms with Gasteiger partial charge in [-0.05, 0) is 52.0 Å². The molecule has 3 unspecified atom stereocenters. The Morgan fingerprint density at radius 3 is 2.17 bits per heavy atom. The van der Waals surface area contributed by atoms with Gasteiger partial charge in [-0.25, -0.2) is 14.6 Å². The third-order valence-corrected chi connectivity index (χ3v) is 6.05. The normalized spacial score (nSPS) is 13.0. The number of nitrogens with zero attached hydrogens (tertiary/aromatic N) is 1. The minimum atomic E-state index is -1.45. The number of esters is 3. The lowest BCUT2D eigenvalue weighted by Crippen LogP contribution is -2.57. The van der Waals surface area contributed by atoms with Gasteiger partial charge in [0.2, 0.25) is 5.91 Å². The summed E-state index contributed by atoms with van der Waals surface area (Å²) in [5, 5.41) is 9.39. The summed E-state index contributed by atoms with van der Waals surface area (Å²) in [4.78, 5) is 77.3. The molecule has 2 rings (SSSR count). The average molecular weight is 607 g/mol. The van der Waals surface area contributed by atoms with E-state index in [-0.39, 0.29) is 5.69 Å². The maximum absolute atomic E-state index is 13.1. The van der Waals surface area contributed by atoms with Gasteiger partial charge >= 0.3 is 24.0 Å². The van der Waals surface area contributed by atoms with Crippen LogP contribution in [0.25, 0.3) is 10.6 Å². The molecule has 0 fully saturated rings. The summed E-state index contributed by atoms with van der Waals surface area (Å²) in [7, 11) is 1.08. The number of rotatable bonds is 11. The molecule has 1 heterocycles. The maximum Gasteiger partial charge on any atom is 0.412 e. The van der Waals surface area contributed by atoms with E-state index in [4.69, 9.17) is 14.2 Å². The Morgan fingerprint density at radius 1 is 0.976 bits per heavy atom.